The maximum atomic E-state index is 11.1. The lowest BCUT2D eigenvalue weighted by Crippen LogP contribution is -2.25. The molecule has 0 bridgehead atoms. The first-order chi connectivity index (χ1) is 7.47. The zero-order valence-electron chi connectivity index (χ0n) is 9.73. The van der Waals surface area contributed by atoms with Crippen LogP contribution in [0.5, 0.6) is 5.75 Å². The summed E-state index contributed by atoms with van der Waals surface area (Å²) < 4.78 is 14.8. The Morgan fingerprint density at radius 3 is 2.38 bits per heavy atom. The Morgan fingerprint density at radius 1 is 1.19 bits per heavy atom. The number of hydrogen-bond acceptors (Lipinski definition) is 4. The van der Waals surface area contributed by atoms with Crippen LogP contribution >= 0.6 is 0 Å². The van der Waals surface area contributed by atoms with Crippen LogP contribution in [0.1, 0.15) is 20.8 Å². The van der Waals surface area contributed by atoms with Crippen LogP contribution in [0.2, 0.25) is 0 Å². The van der Waals surface area contributed by atoms with Gasteiger partial charge in [0, 0.05) is 0 Å². The Hall–Kier alpha value is -1.71. The molecule has 0 spiro atoms. The summed E-state index contributed by atoms with van der Waals surface area (Å²) in [6.45, 7) is 5.16. The highest BCUT2D eigenvalue weighted by Crippen LogP contribution is 2.10. The van der Waals surface area contributed by atoms with Crippen LogP contribution < -0.4 is 4.74 Å². The molecule has 16 heavy (non-hydrogen) atoms. The zero-order chi connectivity index (χ0) is 12.0. The van der Waals surface area contributed by atoms with E-state index in [1.807, 2.05) is 18.2 Å². The van der Waals surface area contributed by atoms with Crippen molar-refractivity contribution in [3.63, 3.8) is 0 Å². The molecule has 0 amide bonds. The number of rotatable bonds is 3. The number of benzene rings is 1. The van der Waals surface area contributed by atoms with Gasteiger partial charge in [0.25, 0.3) is 0 Å². The molecule has 1 aromatic rings. The first kappa shape index (κ1) is 12.4. The highest BCUT2D eigenvalue weighted by atomic mass is 16.8. The van der Waals surface area contributed by atoms with Gasteiger partial charge < -0.3 is 14.2 Å². The number of para-hydroxylation sites is 1. The van der Waals surface area contributed by atoms with Gasteiger partial charge in [0.1, 0.15) is 11.4 Å². The number of carbonyl (C=O) groups excluding carboxylic acids is 1. The molecule has 0 radical (unpaired) electrons. The van der Waals surface area contributed by atoms with Crippen LogP contribution in [0, 0.1) is 0 Å². The molecule has 0 N–H and O–H groups in total. The summed E-state index contributed by atoms with van der Waals surface area (Å²) in [4.78, 5) is 11.1. The molecule has 0 unspecified atom stereocenters. The van der Waals surface area contributed by atoms with E-state index in [9.17, 15) is 4.79 Å². The van der Waals surface area contributed by atoms with Gasteiger partial charge in [-0.2, -0.15) is 0 Å². The summed E-state index contributed by atoms with van der Waals surface area (Å²) in [6.07, 6.45) is -0.733. The molecule has 0 aromatic heterocycles. The molecule has 88 valence electrons. The van der Waals surface area contributed by atoms with Crippen molar-refractivity contribution in [2.75, 3.05) is 6.79 Å². The fourth-order valence-electron chi connectivity index (χ4n) is 0.942. The minimum atomic E-state index is -0.733. The average Bonchev–Trinajstić information content (AvgIpc) is 2.16. The normalized spacial score (nSPS) is 10.7. The van der Waals surface area contributed by atoms with Crippen LogP contribution in [-0.2, 0) is 9.47 Å². The van der Waals surface area contributed by atoms with Crippen LogP contribution in [0.25, 0.3) is 0 Å². The highest BCUT2D eigenvalue weighted by molar-refractivity contribution is 5.60. The molecule has 0 atom stereocenters. The summed E-state index contributed by atoms with van der Waals surface area (Å²) in [5.41, 5.74) is -0.552. The number of hydrogen-bond donors (Lipinski definition) is 0. The van der Waals surface area contributed by atoms with Crippen LogP contribution in [0.15, 0.2) is 30.3 Å². The van der Waals surface area contributed by atoms with Gasteiger partial charge in [0.05, 0.1) is 0 Å². The predicted molar refractivity (Wildman–Crippen MR) is 59.3 cm³/mol. The maximum absolute atomic E-state index is 11.1. The lowest BCUT2D eigenvalue weighted by molar-refractivity contribution is -0.0361. The average molecular weight is 224 g/mol. The van der Waals surface area contributed by atoms with Gasteiger partial charge in [0.15, 0.2) is 0 Å². The van der Waals surface area contributed by atoms with E-state index in [0.717, 1.165) is 0 Å². The third-order valence-corrected chi connectivity index (χ3v) is 1.54. The van der Waals surface area contributed by atoms with E-state index in [1.54, 1.807) is 32.9 Å². The smallest absolute Gasteiger partial charge is 0.457 e. The lowest BCUT2D eigenvalue weighted by atomic mass is 10.2. The minimum absolute atomic E-state index is 0.154. The van der Waals surface area contributed by atoms with E-state index in [2.05, 4.69) is 0 Å². The Bertz CT molecular complexity index is 327. The molecule has 0 heterocycles. The molecule has 0 aliphatic rings. The van der Waals surface area contributed by atoms with Crippen LogP contribution in [-0.4, -0.2) is 18.5 Å². The Labute approximate surface area is 95.1 Å². The van der Waals surface area contributed by atoms with Gasteiger partial charge in [-0.3, -0.25) is 0 Å². The Kier molecular flexibility index (Phi) is 4.17. The summed E-state index contributed by atoms with van der Waals surface area (Å²) in [7, 11) is 0. The third kappa shape index (κ3) is 5.24. The monoisotopic (exact) mass is 224 g/mol. The molecule has 0 aliphatic carbocycles. The van der Waals surface area contributed by atoms with E-state index >= 15 is 0 Å². The second-order valence-electron chi connectivity index (χ2n) is 4.18. The predicted octanol–water partition coefficient (Wildman–Crippen LogP) is 2.97. The molecule has 0 aliphatic heterocycles. The topological polar surface area (TPSA) is 44.8 Å². The fraction of sp³-hybridized carbons (Fsp3) is 0.417. The van der Waals surface area contributed by atoms with Gasteiger partial charge in [-0.1, -0.05) is 18.2 Å². The SMILES string of the molecule is CC(C)(C)OC(=O)OCOc1ccccc1. The van der Waals surface area contributed by atoms with Crippen molar-refractivity contribution in [3.8, 4) is 5.75 Å². The second-order valence-corrected chi connectivity index (χ2v) is 4.18. The quantitative estimate of drug-likeness (QED) is 0.585. The molecule has 0 fully saturated rings. The zero-order valence-corrected chi connectivity index (χ0v) is 9.73. The van der Waals surface area contributed by atoms with Gasteiger partial charge in [-0.15, -0.1) is 0 Å². The van der Waals surface area contributed by atoms with Crippen molar-refractivity contribution < 1.29 is 19.0 Å². The fourth-order valence-corrected chi connectivity index (χ4v) is 0.942. The second kappa shape index (κ2) is 5.39. The molecular weight excluding hydrogens is 208 g/mol. The molecule has 4 heteroatoms. The maximum Gasteiger partial charge on any atom is 0.511 e. The van der Waals surface area contributed by atoms with Gasteiger partial charge in [-0.25, -0.2) is 4.79 Å². The molecule has 0 saturated carbocycles. The van der Waals surface area contributed by atoms with E-state index in [-0.39, 0.29) is 6.79 Å². The van der Waals surface area contributed by atoms with Gasteiger partial charge >= 0.3 is 6.16 Å². The highest BCUT2D eigenvalue weighted by Gasteiger charge is 2.17. The summed E-state index contributed by atoms with van der Waals surface area (Å²) in [6, 6.07) is 9.10. The molecule has 4 nitrogen and oxygen atoms in total. The third-order valence-electron chi connectivity index (χ3n) is 1.54. The first-order valence-corrected chi connectivity index (χ1v) is 5.01. The lowest BCUT2D eigenvalue weighted by Gasteiger charge is -2.18. The molecule has 1 rings (SSSR count). The van der Waals surface area contributed by atoms with Crippen molar-refractivity contribution >= 4 is 6.16 Å². The standard InChI is InChI=1S/C12H16O4/c1-12(2,3)16-11(13)15-9-14-10-7-5-4-6-8-10/h4-8H,9H2,1-3H3. The molecule has 0 saturated heterocycles. The van der Waals surface area contributed by atoms with E-state index in [4.69, 9.17) is 14.2 Å². The van der Waals surface area contributed by atoms with Crippen molar-refractivity contribution in [1.82, 2.24) is 0 Å². The van der Waals surface area contributed by atoms with Crippen molar-refractivity contribution in [2.45, 2.75) is 26.4 Å². The van der Waals surface area contributed by atoms with Crippen LogP contribution in [0.4, 0.5) is 4.79 Å². The van der Waals surface area contributed by atoms with Crippen LogP contribution in [0.3, 0.4) is 0 Å². The van der Waals surface area contributed by atoms with Crippen molar-refractivity contribution in [3.05, 3.63) is 30.3 Å². The Balaban J connectivity index is 2.24. The van der Waals surface area contributed by atoms with E-state index in [0.29, 0.717) is 5.75 Å². The van der Waals surface area contributed by atoms with Crippen molar-refractivity contribution in [2.24, 2.45) is 0 Å². The Morgan fingerprint density at radius 2 is 1.81 bits per heavy atom. The molecule has 1 aromatic carbocycles. The van der Waals surface area contributed by atoms with Crippen molar-refractivity contribution in [1.29, 1.82) is 0 Å². The number of carbonyl (C=O) groups is 1. The summed E-state index contributed by atoms with van der Waals surface area (Å²) in [5, 5.41) is 0. The van der Waals surface area contributed by atoms with E-state index < -0.39 is 11.8 Å². The van der Waals surface area contributed by atoms with E-state index in [1.165, 1.54) is 0 Å². The summed E-state index contributed by atoms with van der Waals surface area (Å²) >= 11 is 0. The van der Waals surface area contributed by atoms with Gasteiger partial charge in [0.2, 0.25) is 6.79 Å². The van der Waals surface area contributed by atoms with Gasteiger partial charge in [-0.05, 0) is 32.9 Å². The first-order valence-electron chi connectivity index (χ1n) is 5.01. The molecular formula is C12H16O4. The largest absolute Gasteiger partial charge is 0.511 e. The summed E-state index contributed by atoms with van der Waals surface area (Å²) in [5.74, 6) is 0.644. The number of ether oxygens (including phenoxy) is 3. The minimum Gasteiger partial charge on any atom is -0.457 e.